The molecule has 0 aromatic heterocycles. The van der Waals surface area contributed by atoms with Gasteiger partial charge in [0.1, 0.15) is 0 Å². The average molecular weight is 343 g/mol. The van der Waals surface area contributed by atoms with E-state index < -0.39 is 0 Å². The maximum Gasteiger partial charge on any atom is 0.0429 e. The summed E-state index contributed by atoms with van der Waals surface area (Å²) in [6.45, 7) is 2.40. The third-order valence-electron chi connectivity index (χ3n) is 5.68. The molecule has 4 rings (SSSR count). The SMILES string of the molecule is CC1CCC(C(Br)c2ccc3c4c(cccc24)CC3)CC1. The molecule has 1 atom stereocenters. The van der Waals surface area contributed by atoms with Crippen LogP contribution in [0.1, 0.15) is 54.1 Å². The van der Waals surface area contributed by atoms with E-state index in [1.807, 2.05) is 0 Å². The first-order chi connectivity index (χ1) is 10.2. The van der Waals surface area contributed by atoms with Crippen LogP contribution in [0.2, 0.25) is 0 Å². The van der Waals surface area contributed by atoms with E-state index in [0.29, 0.717) is 4.83 Å². The quantitative estimate of drug-likeness (QED) is 0.570. The lowest BCUT2D eigenvalue weighted by Gasteiger charge is -2.30. The number of benzene rings is 2. The van der Waals surface area contributed by atoms with Crippen LogP contribution in [-0.2, 0) is 12.8 Å². The second-order valence-electron chi connectivity index (χ2n) is 7.08. The van der Waals surface area contributed by atoms with Crippen LogP contribution in [0.5, 0.6) is 0 Å². The lowest BCUT2D eigenvalue weighted by molar-refractivity contribution is 0.288. The molecule has 2 aliphatic carbocycles. The Balaban J connectivity index is 1.74. The van der Waals surface area contributed by atoms with Gasteiger partial charge >= 0.3 is 0 Å². The van der Waals surface area contributed by atoms with E-state index in [-0.39, 0.29) is 0 Å². The van der Waals surface area contributed by atoms with Crippen molar-refractivity contribution in [3.05, 3.63) is 47.0 Å². The van der Waals surface area contributed by atoms with Gasteiger partial charge in [-0.3, -0.25) is 0 Å². The van der Waals surface area contributed by atoms with Gasteiger partial charge in [0.2, 0.25) is 0 Å². The van der Waals surface area contributed by atoms with Crippen molar-refractivity contribution in [3.8, 4) is 0 Å². The van der Waals surface area contributed by atoms with Gasteiger partial charge in [-0.15, -0.1) is 0 Å². The van der Waals surface area contributed by atoms with Gasteiger partial charge in [-0.2, -0.15) is 0 Å². The topological polar surface area (TPSA) is 0 Å². The monoisotopic (exact) mass is 342 g/mol. The van der Waals surface area contributed by atoms with Gasteiger partial charge in [0.15, 0.2) is 0 Å². The minimum Gasteiger partial charge on any atom is -0.0836 e. The predicted molar refractivity (Wildman–Crippen MR) is 94.1 cm³/mol. The van der Waals surface area contributed by atoms with E-state index in [9.17, 15) is 0 Å². The van der Waals surface area contributed by atoms with Gasteiger partial charge in [0, 0.05) is 4.83 Å². The van der Waals surface area contributed by atoms with Crippen LogP contribution < -0.4 is 0 Å². The zero-order chi connectivity index (χ0) is 14.4. The van der Waals surface area contributed by atoms with Crippen molar-refractivity contribution in [1.82, 2.24) is 0 Å². The fraction of sp³-hybridized carbons (Fsp3) is 0.500. The summed E-state index contributed by atoms with van der Waals surface area (Å²) in [6, 6.07) is 11.7. The molecule has 0 saturated heterocycles. The second kappa shape index (κ2) is 5.43. The Labute approximate surface area is 136 Å². The molecule has 0 nitrogen and oxygen atoms in total. The number of aryl methyl sites for hydroxylation is 2. The van der Waals surface area contributed by atoms with E-state index in [2.05, 4.69) is 53.2 Å². The molecule has 2 aromatic carbocycles. The Bertz CT molecular complexity index is 655. The molecule has 0 N–H and O–H groups in total. The number of halogens is 1. The van der Waals surface area contributed by atoms with Crippen molar-refractivity contribution >= 4 is 26.7 Å². The molecular weight excluding hydrogens is 320 g/mol. The summed E-state index contributed by atoms with van der Waals surface area (Å²) in [7, 11) is 0. The molecule has 1 heteroatoms. The van der Waals surface area contributed by atoms with Gasteiger partial charge in [0.25, 0.3) is 0 Å². The van der Waals surface area contributed by atoms with Crippen molar-refractivity contribution in [2.75, 3.05) is 0 Å². The Morgan fingerprint density at radius 1 is 0.952 bits per heavy atom. The second-order valence-corrected chi connectivity index (χ2v) is 8.06. The van der Waals surface area contributed by atoms with Gasteiger partial charge < -0.3 is 0 Å². The molecular formula is C20H23Br. The van der Waals surface area contributed by atoms with E-state index in [1.165, 1.54) is 49.5 Å². The average Bonchev–Trinajstić information content (AvgIpc) is 2.93. The Hall–Kier alpha value is -0.820. The van der Waals surface area contributed by atoms with Crippen molar-refractivity contribution in [2.24, 2.45) is 11.8 Å². The standard InChI is InChI=1S/C20H23Br/c1-13-5-7-16(8-6-13)20(21)18-12-11-15-10-9-14-3-2-4-17(18)19(14)15/h2-4,11-13,16,20H,5-10H2,1H3. The maximum atomic E-state index is 4.06. The largest absolute Gasteiger partial charge is 0.0836 e. The fourth-order valence-corrected chi connectivity index (χ4v) is 5.27. The van der Waals surface area contributed by atoms with Gasteiger partial charge in [-0.25, -0.2) is 0 Å². The van der Waals surface area contributed by atoms with Crippen LogP contribution in [0.4, 0.5) is 0 Å². The first-order valence-electron chi connectivity index (χ1n) is 8.41. The highest BCUT2D eigenvalue weighted by atomic mass is 79.9. The molecule has 2 aromatic rings. The summed E-state index contributed by atoms with van der Waals surface area (Å²) in [5.74, 6) is 1.73. The van der Waals surface area contributed by atoms with E-state index in [1.54, 1.807) is 16.5 Å². The Morgan fingerprint density at radius 3 is 2.43 bits per heavy atom. The highest BCUT2D eigenvalue weighted by Gasteiger charge is 2.27. The van der Waals surface area contributed by atoms with Crippen LogP contribution in [0, 0.1) is 11.8 Å². The summed E-state index contributed by atoms with van der Waals surface area (Å²) in [6.07, 6.45) is 8.00. The number of rotatable bonds is 2. The molecule has 0 heterocycles. The highest BCUT2D eigenvalue weighted by molar-refractivity contribution is 9.09. The number of alkyl halides is 1. The van der Waals surface area contributed by atoms with E-state index in [4.69, 9.17) is 0 Å². The van der Waals surface area contributed by atoms with Crippen molar-refractivity contribution in [3.63, 3.8) is 0 Å². The normalized spacial score (nSPS) is 26.2. The third-order valence-corrected chi connectivity index (χ3v) is 6.92. The van der Waals surface area contributed by atoms with Crippen LogP contribution in [0.25, 0.3) is 10.8 Å². The molecule has 0 bridgehead atoms. The molecule has 0 amide bonds. The van der Waals surface area contributed by atoms with Crippen molar-refractivity contribution < 1.29 is 0 Å². The van der Waals surface area contributed by atoms with E-state index >= 15 is 0 Å². The summed E-state index contributed by atoms with van der Waals surface area (Å²) in [5, 5.41) is 3.06. The van der Waals surface area contributed by atoms with E-state index in [0.717, 1.165) is 11.8 Å². The molecule has 21 heavy (non-hydrogen) atoms. The van der Waals surface area contributed by atoms with Crippen LogP contribution in [-0.4, -0.2) is 0 Å². The summed E-state index contributed by atoms with van der Waals surface area (Å²) in [5.41, 5.74) is 4.64. The van der Waals surface area contributed by atoms with Crippen LogP contribution in [0.3, 0.4) is 0 Å². The van der Waals surface area contributed by atoms with Gasteiger partial charge in [-0.05, 0) is 65.0 Å². The van der Waals surface area contributed by atoms with Crippen molar-refractivity contribution in [1.29, 1.82) is 0 Å². The number of hydrogen-bond acceptors (Lipinski definition) is 0. The number of hydrogen-bond donors (Lipinski definition) is 0. The Morgan fingerprint density at radius 2 is 1.67 bits per heavy atom. The summed E-state index contributed by atoms with van der Waals surface area (Å²) in [4.78, 5) is 0.523. The summed E-state index contributed by atoms with van der Waals surface area (Å²) >= 11 is 4.06. The van der Waals surface area contributed by atoms with Gasteiger partial charge in [-0.1, -0.05) is 66.0 Å². The van der Waals surface area contributed by atoms with Crippen molar-refractivity contribution in [2.45, 2.75) is 50.3 Å². The third kappa shape index (κ3) is 2.34. The predicted octanol–water partition coefficient (Wildman–Crippen LogP) is 6.20. The lowest BCUT2D eigenvalue weighted by Crippen LogP contribution is -2.16. The fourth-order valence-electron chi connectivity index (χ4n) is 4.34. The first-order valence-corrected chi connectivity index (χ1v) is 9.33. The molecule has 1 saturated carbocycles. The molecule has 0 radical (unpaired) electrons. The molecule has 0 spiro atoms. The Kier molecular flexibility index (Phi) is 3.57. The molecule has 2 aliphatic rings. The maximum absolute atomic E-state index is 4.06. The molecule has 110 valence electrons. The minimum absolute atomic E-state index is 0.523. The molecule has 1 fully saturated rings. The van der Waals surface area contributed by atoms with Crippen LogP contribution in [0.15, 0.2) is 30.3 Å². The molecule has 1 unspecified atom stereocenters. The minimum atomic E-state index is 0.523. The molecule has 0 aliphatic heterocycles. The lowest BCUT2D eigenvalue weighted by atomic mass is 9.79. The van der Waals surface area contributed by atoms with Gasteiger partial charge in [0.05, 0.1) is 0 Å². The zero-order valence-electron chi connectivity index (χ0n) is 12.7. The smallest absolute Gasteiger partial charge is 0.0429 e. The first kappa shape index (κ1) is 13.8. The zero-order valence-corrected chi connectivity index (χ0v) is 14.3. The summed E-state index contributed by atoms with van der Waals surface area (Å²) < 4.78 is 0. The van der Waals surface area contributed by atoms with Crippen LogP contribution >= 0.6 is 15.9 Å². The highest BCUT2D eigenvalue weighted by Crippen LogP contribution is 2.45.